The Morgan fingerprint density at radius 3 is 2.82 bits per heavy atom. The van der Waals surface area contributed by atoms with Gasteiger partial charge in [0.2, 0.25) is 11.8 Å². The normalized spacial score (nSPS) is 22.9. The maximum atomic E-state index is 12.7. The summed E-state index contributed by atoms with van der Waals surface area (Å²) >= 11 is 1.67. The highest BCUT2D eigenvalue weighted by Crippen LogP contribution is 2.22. The number of rotatable bonds is 5. The van der Waals surface area contributed by atoms with Crippen molar-refractivity contribution in [2.75, 3.05) is 45.9 Å². The average Bonchev–Trinajstić information content (AvgIpc) is 3.16. The number of nitrogens with one attached hydrogen (secondary N) is 2. The van der Waals surface area contributed by atoms with Crippen LogP contribution < -0.4 is 10.6 Å². The molecule has 0 radical (unpaired) electrons. The van der Waals surface area contributed by atoms with Crippen molar-refractivity contribution in [3.05, 3.63) is 29.3 Å². The van der Waals surface area contributed by atoms with E-state index in [1.807, 2.05) is 23.1 Å². The molecule has 150 valence electrons. The van der Waals surface area contributed by atoms with Crippen LogP contribution in [0.1, 0.15) is 11.4 Å². The Morgan fingerprint density at radius 1 is 1.21 bits per heavy atom. The molecule has 8 heteroatoms. The van der Waals surface area contributed by atoms with Gasteiger partial charge in [0.05, 0.1) is 40.3 Å². The van der Waals surface area contributed by atoms with Crippen LogP contribution in [0.15, 0.2) is 24.3 Å². The largest absolute Gasteiger partial charge is 0.378 e. The van der Waals surface area contributed by atoms with Crippen molar-refractivity contribution in [3.8, 4) is 0 Å². The van der Waals surface area contributed by atoms with E-state index in [1.54, 1.807) is 11.3 Å². The minimum atomic E-state index is -0.167. The summed E-state index contributed by atoms with van der Waals surface area (Å²) in [6.07, 6.45) is 1.33. The zero-order valence-electron chi connectivity index (χ0n) is 15.9. The maximum absolute atomic E-state index is 12.7. The maximum Gasteiger partial charge on any atom is 0.227 e. The molecule has 0 aliphatic carbocycles. The number of benzene rings is 1. The lowest BCUT2D eigenvalue weighted by atomic mass is 9.88. The van der Waals surface area contributed by atoms with Gasteiger partial charge >= 0.3 is 0 Å². The quantitative estimate of drug-likeness (QED) is 0.781. The molecule has 2 aromatic rings. The van der Waals surface area contributed by atoms with Crippen LogP contribution in [0.3, 0.4) is 0 Å². The lowest BCUT2D eigenvalue weighted by molar-refractivity contribution is -0.141. The molecule has 1 aromatic carbocycles. The molecule has 0 unspecified atom stereocenters. The highest BCUT2D eigenvalue weighted by molar-refractivity contribution is 7.18. The van der Waals surface area contributed by atoms with Gasteiger partial charge in [0.1, 0.15) is 0 Å². The van der Waals surface area contributed by atoms with Crippen LogP contribution in [0.25, 0.3) is 10.2 Å². The standard InChI is InChI=1S/C20H26N4O3S/c25-19(22-6-5-18-23-16-3-1-2-4-17(16)28-18)14-11-15(13-21-12-14)20(26)24-7-9-27-10-8-24/h1-4,14-15,21H,5-13H2,(H,22,25)/t14-,15+/m0/s1. The van der Waals surface area contributed by atoms with Crippen LogP contribution in [-0.4, -0.2) is 67.6 Å². The lowest BCUT2D eigenvalue weighted by Crippen LogP contribution is -2.51. The molecule has 2 N–H and O–H groups in total. The SMILES string of the molecule is O=C(NCCc1nc2ccccc2s1)[C@@H]1CNC[C@H](C(=O)N2CCOCC2)C1. The summed E-state index contributed by atoms with van der Waals surface area (Å²) in [5.74, 6) is -0.137. The van der Waals surface area contributed by atoms with E-state index in [2.05, 4.69) is 21.7 Å². The average molecular weight is 403 g/mol. The van der Waals surface area contributed by atoms with Gasteiger partial charge in [-0.05, 0) is 18.6 Å². The van der Waals surface area contributed by atoms with Gasteiger partial charge in [0, 0.05) is 39.1 Å². The fourth-order valence-electron chi connectivity index (χ4n) is 3.84. The molecule has 0 spiro atoms. The lowest BCUT2D eigenvalue weighted by Gasteiger charge is -2.34. The van der Waals surface area contributed by atoms with E-state index in [-0.39, 0.29) is 23.7 Å². The first-order valence-corrected chi connectivity index (χ1v) is 10.7. The third kappa shape index (κ3) is 4.51. The predicted octanol–water partition coefficient (Wildman–Crippen LogP) is 1.04. The summed E-state index contributed by atoms with van der Waals surface area (Å²) in [7, 11) is 0. The number of aromatic nitrogens is 1. The molecule has 2 saturated heterocycles. The van der Waals surface area contributed by atoms with Crippen molar-refractivity contribution in [1.29, 1.82) is 0 Å². The van der Waals surface area contributed by atoms with Crippen molar-refractivity contribution in [3.63, 3.8) is 0 Å². The summed E-state index contributed by atoms with van der Waals surface area (Å²) in [6, 6.07) is 8.07. The Balaban J connectivity index is 1.26. The van der Waals surface area contributed by atoms with Gasteiger partial charge in [-0.25, -0.2) is 4.98 Å². The van der Waals surface area contributed by atoms with Crippen LogP contribution in [0.4, 0.5) is 0 Å². The van der Waals surface area contributed by atoms with Gasteiger partial charge in [0.25, 0.3) is 0 Å². The summed E-state index contributed by atoms with van der Waals surface area (Å²) < 4.78 is 6.49. The minimum Gasteiger partial charge on any atom is -0.378 e. The second-order valence-corrected chi connectivity index (χ2v) is 8.46. The van der Waals surface area contributed by atoms with Gasteiger partial charge in [-0.1, -0.05) is 12.1 Å². The number of hydrogen-bond acceptors (Lipinski definition) is 6. The van der Waals surface area contributed by atoms with Gasteiger partial charge < -0.3 is 20.3 Å². The number of piperidine rings is 1. The Labute approximate surface area is 168 Å². The first-order valence-electron chi connectivity index (χ1n) is 9.90. The topological polar surface area (TPSA) is 83.6 Å². The Hall–Kier alpha value is -2.03. The number of carbonyl (C=O) groups is 2. The number of fused-ring (bicyclic) bond motifs is 1. The van der Waals surface area contributed by atoms with Crippen LogP contribution in [-0.2, 0) is 20.7 Å². The third-order valence-electron chi connectivity index (χ3n) is 5.37. The molecule has 3 heterocycles. The molecule has 1 aromatic heterocycles. The van der Waals surface area contributed by atoms with Crippen molar-refractivity contribution in [2.24, 2.45) is 11.8 Å². The Kier molecular flexibility index (Phi) is 6.19. The number of morpholine rings is 1. The molecule has 2 fully saturated rings. The van der Waals surface area contributed by atoms with Crippen LogP contribution in [0, 0.1) is 11.8 Å². The predicted molar refractivity (Wildman–Crippen MR) is 108 cm³/mol. The van der Waals surface area contributed by atoms with Gasteiger partial charge in [-0.3, -0.25) is 9.59 Å². The molecule has 4 rings (SSSR count). The number of carbonyl (C=O) groups excluding carboxylic acids is 2. The highest BCUT2D eigenvalue weighted by atomic mass is 32.1. The van der Waals surface area contributed by atoms with E-state index in [1.165, 1.54) is 4.70 Å². The number of para-hydroxylation sites is 1. The molecule has 28 heavy (non-hydrogen) atoms. The fraction of sp³-hybridized carbons (Fsp3) is 0.550. The molecule has 2 amide bonds. The van der Waals surface area contributed by atoms with Crippen LogP contribution in [0.5, 0.6) is 0 Å². The smallest absolute Gasteiger partial charge is 0.227 e. The van der Waals surface area contributed by atoms with Crippen molar-refractivity contribution >= 4 is 33.4 Å². The third-order valence-corrected chi connectivity index (χ3v) is 6.47. The molecule has 0 saturated carbocycles. The zero-order chi connectivity index (χ0) is 19.3. The number of thiazole rings is 1. The molecule has 2 aliphatic heterocycles. The minimum absolute atomic E-state index is 0.0214. The van der Waals surface area contributed by atoms with E-state index in [4.69, 9.17) is 4.74 Å². The zero-order valence-corrected chi connectivity index (χ0v) is 16.7. The second-order valence-electron chi connectivity index (χ2n) is 7.34. The molecular formula is C20H26N4O3S. The van der Waals surface area contributed by atoms with Crippen molar-refractivity contribution in [2.45, 2.75) is 12.8 Å². The first-order chi connectivity index (χ1) is 13.7. The Morgan fingerprint density at radius 2 is 2.00 bits per heavy atom. The molecular weight excluding hydrogens is 376 g/mol. The monoisotopic (exact) mass is 402 g/mol. The van der Waals surface area contributed by atoms with Crippen molar-refractivity contribution in [1.82, 2.24) is 20.5 Å². The van der Waals surface area contributed by atoms with Gasteiger partial charge in [-0.2, -0.15) is 0 Å². The second kappa shape index (κ2) is 8.98. The van der Waals surface area contributed by atoms with Crippen molar-refractivity contribution < 1.29 is 14.3 Å². The van der Waals surface area contributed by atoms with E-state index in [0.29, 0.717) is 52.4 Å². The van der Waals surface area contributed by atoms with E-state index < -0.39 is 0 Å². The summed E-state index contributed by atoms with van der Waals surface area (Å²) in [5.41, 5.74) is 1.01. The fourth-order valence-corrected chi connectivity index (χ4v) is 4.80. The summed E-state index contributed by atoms with van der Waals surface area (Å²) in [4.78, 5) is 31.8. The Bertz CT molecular complexity index is 801. The van der Waals surface area contributed by atoms with Crippen LogP contribution >= 0.6 is 11.3 Å². The van der Waals surface area contributed by atoms with E-state index in [0.717, 1.165) is 16.9 Å². The van der Waals surface area contributed by atoms with E-state index >= 15 is 0 Å². The number of amides is 2. The van der Waals surface area contributed by atoms with E-state index in [9.17, 15) is 9.59 Å². The molecule has 2 atom stereocenters. The number of hydrogen-bond donors (Lipinski definition) is 2. The summed E-state index contributed by atoms with van der Waals surface area (Å²) in [6.45, 7) is 4.33. The molecule has 7 nitrogen and oxygen atoms in total. The number of ether oxygens (including phenoxy) is 1. The van der Waals surface area contributed by atoms with Crippen LogP contribution in [0.2, 0.25) is 0 Å². The number of nitrogens with zero attached hydrogens (tertiary/aromatic N) is 2. The van der Waals surface area contributed by atoms with Gasteiger partial charge in [-0.15, -0.1) is 11.3 Å². The molecule has 0 bridgehead atoms. The molecule has 2 aliphatic rings. The summed E-state index contributed by atoms with van der Waals surface area (Å²) in [5, 5.41) is 7.32. The first kappa shape index (κ1) is 19.3. The van der Waals surface area contributed by atoms with Gasteiger partial charge in [0.15, 0.2) is 0 Å². The highest BCUT2D eigenvalue weighted by Gasteiger charge is 2.33.